The third-order valence-corrected chi connectivity index (χ3v) is 2.34. The minimum absolute atomic E-state index is 0.216. The second kappa shape index (κ2) is 8.26. The maximum atomic E-state index is 10.8. The summed E-state index contributed by atoms with van der Waals surface area (Å²) in [6.07, 6.45) is -1.30. The fourth-order valence-corrected chi connectivity index (χ4v) is 1.34. The number of methoxy groups -OCH3 is 1. The van der Waals surface area contributed by atoms with Gasteiger partial charge in [0.25, 0.3) is 6.29 Å². The molecule has 1 rings (SSSR count). The summed E-state index contributed by atoms with van der Waals surface area (Å²) in [7, 11) is 1.39. The number of rotatable bonds is 9. The molecule has 0 aromatic heterocycles. The summed E-state index contributed by atoms with van der Waals surface area (Å²) in [6.45, 7) is -0.739. The number of carbonyl (C=O) groups excluding carboxylic acids is 2. The lowest BCUT2D eigenvalue weighted by atomic mass is 10.2. The minimum Gasteiger partial charge on any atom is -0.493 e. The maximum Gasteiger partial charge on any atom is 0.257 e. The lowest BCUT2D eigenvalue weighted by molar-refractivity contribution is -0.143. The van der Waals surface area contributed by atoms with Gasteiger partial charge < -0.3 is 24.4 Å². The van der Waals surface area contributed by atoms with Crippen LogP contribution in [0.1, 0.15) is 10.4 Å². The van der Waals surface area contributed by atoms with Crippen molar-refractivity contribution in [3.05, 3.63) is 23.8 Å². The molecule has 110 valence electrons. The fraction of sp³-hybridized carbons (Fsp3) is 0.385. The smallest absolute Gasteiger partial charge is 0.257 e. The number of benzene rings is 1. The molecule has 0 aliphatic rings. The van der Waals surface area contributed by atoms with Crippen LogP contribution in [-0.2, 0) is 9.53 Å². The third-order valence-electron chi connectivity index (χ3n) is 2.34. The van der Waals surface area contributed by atoms with Gasteiger partial charge in [0.1, 0.15) is 12.4 Å². The van der Waals surface area contributed by atoms with E-state index in [-0.39, 0.29) is 18.1 Å². The first-order valence-corrected chi connectivity index (χ1v) is 5.80. The van der Waals surface area contributed by atoms with Gasteiger partial charge in [-0.15, -0.1) is 0 Å². The molecule has 1 aromatic carbocycles. The summed E-state index contributed by atoms with van der Waals surface area (Å²) in [4.78, 5) is 21.5. The van der Waals surface area contributed by atoms with Crippen LogP contribution in [0.3, 0.4) is 0 Å². The van der Waals surface area contributed by atoms with Crippen molar-refractivity contribution in [2.75, 3.05) is 20.3 Å². The van der Waals surface area contributed by atoms with Gasteiger partial charge >= 0.3 is 0 Å². The number of ether oxygens (including phenoxy) is 3. The van der Waals surface area contributed by atoms with E-state index in [0.717, 1.165) is 0 Å². The first kappa shape index (κ1) is 16.1. The maximum absolute atomic E-state index is 10.8. The summed E-state index contributed by atoms with van der Waals surface area (Å²) in [5.74, 6) is 0.487. The van der Waals surface area contributed by atoms with E-state index in [4.69, 9.17) is 24.4 Å². The van der Waals surface area contributed by atoms with Crippen LogP contribution < -0.4 is 9.47 Å². The van der Waals surface area contributed by atoms with Gasteiger partial charge in [0.2, 0.25) is 0 Å². The average molecular weight is 284 g/mol. The number of hydrogen-bond donors (Lipinski definition) is 2. The molecule has 7 nitrogen and oxygen atoms in total. The highest BCUT2D eigenvalue weighted by molar-refractivity contribution is 5.76. The summed E-state index contributed by atoms with van der Waals surface area (Å²) < 4.78 is 15.3. The van der Waals surface area contributed by atoms with Crippen molar-refractivity contribution in [3.63, 3.8) is 0 Å². The predicted molar refractivity (Wildman–Crippen MR) is 67.9 cm³/mol. The molecule has 20 heavy (non-hydrogen) atoms. The van der Waals surface area contributed by atoms with E-state index in [2.05, 4.69) is 0 Å². The van der Waals surface area contributed by atoms with Crippen LogP contribution in [-0.4, -0.2) is 55.5 Å². The lowest BCUT2D eigenvalue weighted by Gasteiger charge is -2.17. The van der Waals surface area contributed by atoms with Crippen molar-refractivity contribution < 1.29 is 34.0 Å². The lowest BCUT2D eigenvalue weighted by Crippen LogP contribution is -2.29. The van der Waals surface area contributed by atoms with Crippen molar-refractivity contribution in [3.8, 4) is 11.5 Å². The van der Waals surface area contributed by atoms with Crippen LogP contribution in [0.2, 0.25) is 0 Å². The zero-order valence-corrected chi connectivity index (χ0v) is 10.9. The molecular formula is C13H16O7. The van der Waals surface area contributed by atoms with Crippen LogP contribution >= 0.6 is 0 Å². The van der Waals surface area contributed by atoms with Crippen molar-refractivity contribution in [2.24, 2.45) is 0 Å². The molecule has 0 heterocycles. The van der Waals surface area contributed by atoms with E-state index < -0.39 is 19.0 Å². The van der Waals surface area contributed by atoms with E-state index in [9.17, 15) is 9.59 Å². The highest BCUT2D eigenvalue weighted by Gasteiger charge is 2.15. The Morgan fingerprint density at radius 2 is 2.05 bits per heavy atom. The number of carbonyl (C=O) groups is 2. The third kappa shape index (κ3) is 4.61. The standard InChI is InChI=1S/C13H16O7/c1-18-12-4-9(5-14)2-3-11(12)20-13(7-16)19-8-10(17)6-15/h2-5,7,10,13,15,17H,6,8H2,1H3. The summed E-state index contributed by atoms with van der Waals surface area (Å²) in [6, 6.07) is 4.41. The second-order valence-electron chi connectivity index (χ2n) is 3.82. The molecule has 0 saturated carbocycles. The Morgan fingerprint density at radius 3 is 2.60 bits per heavy atom. The van der Waals surface area contributed by atoms with Gasteiger partial charge in [-0.3, -0.25) is 9.59 Å². The molecule has 0 amide bonds. The highest BCUT2D eigenvalue weighted by Crippen LogP contribution is 2.28. The fourth-order valence-electron chi connectivity index (χ4n) is 1.34. The predicted octanol–water partition coefficient (Wildman–Crippen LogP) is -0.219. The van der Waals surface area contributed by atoms with Crippen molar-refractivity contribution in [1.82, 2.24) is 0 Å². The van der Waals surface area contributed by atoms with E-state index in [1.54, 1.807) is 0 Å². The molecule has 0 aliphatic carbocycles. The van der Waals surface area contributed by atoms with Crippen LogP contribution in [0.4, 0.5) is 0 Å². The van der Waals surface area contributed by atoms with Crippen molar-refractivity contribution in [1.29, 1.82) is 0 Å². The molecule has 0 spiro atoms. The number of aldehydes is 2. The Hall–Kier alpha value is -1.96. The first-order valence-electron chi connectivity index (χ1n) is 5.80. The molecule has 0 aliphatic heterocycles. The van der Waals surface area contributed by atoms with Gasteiger partial charge in [0, 0.05) is 5.56 Å². The molecule has 0 fully saturated rings. The van der Waals surface area contributed by atoms with Crippen LogP contribution in [0, 0.1) is 0 Å². The first-order chi connectivity index (χ1) is 9.64. The summed E-state index contributed by atoms with van der Waals surface area (Å²) in [5.41, 5.74) is 0.397. The Kier molecular flexibility index (Phi) is 6.65. The Bertz CT molecular complexity index is 446. The van der Waals surface area contributed by atoms with E-state index in [1.165, 1.54) is 25.3 Å². The highest BCUT2D eigenvalue weighted by atomic mass is 16.7. The van der Waals surface area contributed by atoms with Gasteiger partial charge in [-0.05, 0) is 18.2 Å². The monoisotopic (exact) mass is 284 g/mol. The Labute approximate surface area is 115 Å². The van der Waals surface area contributed by atoms with Crippen LogP contribution in [0.5, 0.6) is 11.5 Å². The van der Waals surface area contributed by atoms with E-state index in [1.807, 2.05) is 0 Å². The molecule has 2 atom stereocenters. The molecular weight excluding hydrogens is 268 g/mol. The molecule has 0 radical (unpaired) electrons. The van der Waals surface area contributed by atoms with Gasteiger partial charge in [-0.2, -0.15) is 0 Å². The Morgan fingerprint density at radius 1 is 1.30 bits per heavy atom. The summed E-state index contributed by atoms with van der Waals surface area (Å²) >= 11 is 0. The average Bonchev–Trinajstić information content (AvgIpc) is 2.50. The molecule has 7 heteroatoms. The van der Waals surface area contributed by atoms with E-state index >= 15 is 0 Å². The van der Waals surface area contributed by atoms with Crippen LogP contribution in [0.15, 0.2) is 18.2 Å². The SMILES string of the molecule is COc1cc(C=O)ccc1OC(C=O)OCC(O)CO. The zero-order valence-electron chi connectivity index (χ0n) is 10.9. The zero-order chi connectivity index (χ0) is 15.0. The van der Waals surface area contributed by atoms with Gasteiger partial charge in [-0.1, -0.05) is 0 Å². The topological polar surface area (TPSA) is 102 Å². The Balaban J connectivity index is 2.73. The molecule has 0 bridgehead atoms. The minimum atomic E-state index is -1.26. The van der Waals surface area contributed by atoms with Gasteiger partial charge in [-0.25, -0.2) is 0 Å². The molecule has 1 aromatic rings. The molecule has 2 unspecified atom stereocenters. The van der Waals surface area contributed by atoms with Crippen molar-refractivity contribution >= 4 is 12.6 Å². The number of hydrogen-bond acceptors (Lipinski definition) is 7. The van der Waals surface area contributed by atoms with Crippen LogP contribution in [0.25, 0.3) is 0 Å². The number of aliphatic hydroxyl groups excluding tert-OH is 2. The number of aliphatic hydroxyl groups is 2. The van der Waals surface area contributed by atoms with Gasteiger partial charge in [0.15, 0.2) is 17.8 Å². The normalized spacial score (nSPS) is 13.3. The molecule has 2 N–H and O–H groups in total. The van der Waals surface area contributed by atoms with Gasteiger partial charge in [0.05, 0.1) is 20.3 Å². The quantitative estimate of drug-likeness (QED) is 0.477. The van der Waals surface area contributed by atoms with E-state index in [0.29, 0.717) is 18.1 Å². The summed E-state index contributed by atoms with van der Waals surface area (Å²) in [5, 5.41) is 17.8. The second-order valence-corrected chi connectivity index (χ2v) is 3.82. The largest absolute Gasteiger partial charge is 0.493 e. The van der Waals surface area contributed by atoms with Crippen molar-refractivity contribution in [2.45, 2.75) is 12.4 Å². The molecule has 0 saturated heterocycles.